The van der Waals surface area contributed by atoms with E-state index in [1.54, 1.807) is 29.9 Å². The molecule has 0 radical (unpaired) electrons. The van der Waals surface area contributed by atoms with Gasteiger partial charge in [-0.15, -0.1) is 0 Å². The van der Waals surface area contributed by atoms with Crippen LogP contribution in [0.25, 0.3) is 27.9 Å². The molecule has 0 unspecified atom stereocenters. The predicted molar refractivity (Wildman–Crippen MR) is 98.8 cm³/mol. The summed E-state index contributed by atoms with van der Waals surface area (Å²) in [5.74, 6) is 0. The van der Waals surface area contributed by atoms with Crippen molar-refractivity contribution in [2.24, 2.45) is 7.05 Å². The number of fused-ring (bicyclic) bond motifs is 1. The zero-order chi connectivity index (χ0) is 20.1. The second-order valence-corrected chi connectivity index (χ2v) is 6.81. The van der Waals surface area contributed by atoms with Gasteiger partial charge in [-0.2, -0.15) is 17.7 Å². The van der Waals surface area contributed by atoms with Gasteiger partial charge in [0.2, 0.25) is 11.3 Å². The fraction of sp³-hybridized carbons (Fsp3) is 0.182. The molecule has 0 amide bonds. The van der Waals surface area contributed by atoms with Crippen molar-refractivity contribution in [3.8, 4) is 16.9 Å². The van der Waals surface area contributed by atoms with E-state index in [0.29, 0.717) is 22.5 Å². The van der Waals surface area contributed by atoms with Crippen molar-refractivity contribution in [2.45, 2.75) is 20.0 Å². The van der Waals surface area contributed by atoms with Gasteiger partial charge in [-0.3, -0.25) is 0 Å². The minimum Gasteiger partial charge on any atom is -0.236 e. The summed E-state index contributed by atoms with van der Waals surface area (Å²) >= 11 is 0. The minimum absolute atomic E-state index is 0.494. The van der Waals surface area contributed by atoms with Gasteiger partial charge in [0.15, 0.2) is 18.9 Å². The number of aromatic nitrogens is 2. The Kier molecular flexibility index (Phi) is 4.22. The Morgan fingerprint density at radius 3 is 2.36 bits per heavy atom. The van der Waals surface area contributed by atoms with Crippen LogP contribution >= 0.6 is 0 Å². The van der Waals surface area contributed by atoms with Gasteiger partial charge in [-0.05, 0) is 29.9 Å². The fourth-order valence-corrected chi connectivity index (χ4v) is 3.58. The number of alkyl halides is 3. The van der Waals surface area contributed by atoms with Gasteiger partial charge in [0, 0.05) is 30.7 Å². The van der Waals surface area contributed by atoms with E-state index >= 15 is 0 Å². The first-order chi connectivity index (χ1) is 13.3. The van der Waals surface area contributed by atoms with Crippen LogP contribution in [0.4, 0.5) is 13.2 Å². The largest absolute Gasteiger partial charge is 0.416 e. The number of benzene rings is 2. The van der Waals surface area contributed by atoms with Crippen LogP contribution in [-0.4, -0.2) is 0 Å². The molecule has 4 rings (SSSR count). The van der Waals surface area contributed by atoms with Crippen molar-refractivity contribution < 1.29 is 27.0 Å². The van der Waals surface area contributed by atoms with Crippen molar-refractivity contribution in [1.82, 2.24) is 0 Å². The predicted octanol–water partition coefficient (Wildman–Crippen LogP) is 4.84. The van der Waals surface area contributed by atoms with Crippen molar-refractivity contribution >= 4 is 11.0 Å². The first kappa shape index (κ1) is 18.2. The maximum atomic E-state index is 13.7. The molecular formula is C22H19F3N2O+2. The van der Waals surface area contributed by atoms with Crippen LogP contribution in [0.5, 0.6) is 0 Å². The Labute approximate surface area is 160 Å². The topological polar surface area (TPSA) is 20.9 Å². The standard InChI is InChI=1S/C22H19F3N2O/c1-14-8-6-7-11-27(14)19-13-16(22(23,24)25)12-18(15(19)2)21-17-9-4-5-10-20(17)28-26(21)3/h4-13H,1-3H3/q+2. The first-order valence-corrected chi connectivity index (χ1v) is 8.85. The van der Waals surface area contributed by atoms with E-state index in [1.165, 1.54) is 16.9 Å². The van der Waals surface area contributed by atoms with Crippen LogP contribution < -0.4 is 9.31 Å². The van der Waals surface area contributed by atoms with Crippen LogP contribution in [-0.2, 0) is 13.2 Å². The number of rotatable bonds is 2. The van der Waals surface area contributed by atoms with Gasteiger partial charge in [0.25, 0.3) is 5.69 Å². The molecule has 28 heavy (non-hydrogen) atoms. The first-order valence-electron chi connectivity index (χ1n) is 8.85. The van der Waals surface area contributed by atoms with Gasteiger partial charge in [-0.1, -0.05) is 18.2 Å². The molecule has 6 heteroatoms. The highest BCUT2D eigenvalue weighted by atomic mass is 19.4. The molecule has 0 aliphatic carbocycles. The maximum absolute atomic E-state index is 13.7. The van der Waals surface area contributed by atoms with E-state index in [-0.39, 0.29) is 0 Å². The average molecular weight is 384 g/mol. The highest BCUT2D eigenvalue weighted by Gasteiger charge is 2.36. The lowest BCUT2D eigenvalue weighted by atomic mass is 9.97. The molecule has 0 fully saturated rings. The summed E-state index contributed by atoms with van der Waals surface area (Å²) in [7, 11) is 1.70. The van der Waals surface area contributed by atoms with E-state index in [4.69, 9.17) is 4.52 Å². The molecule has 0 atom stereocenters. The van der Waals surface area contributed by atoms with Crippen LogP contribution in [0, 0.1) is 13.8 Å². The number of halogens is 3. The normalized spacial score (nSPS) is 11.9. The average Bonchev–Trinajstić information content (AvgIpc) is 2.97. The lowest BCUT2D eigenvalue weighted by Gasteiger charge is -2.12. The number of hydrogen-bond donors (Lipinski definition) is 0. The zero-order valence-corrected chi connectivity index (χ0v) is 15.7. The molecular weight excluding hydrogens is 365 g/mol. The van der Waals surface area contributed by atoms with Crippen LogP contribution in [0.2, 0.25) is 0 Å². The second kappa shape index (κ2) is 6.48. The van der Waals surface area contributed by atoms with Crippen molar-refractivity contribution in [1.29, 1.82) is 0 Å². The Morgan fingerprint density at radius 2 is 1.64 bits per heavy atom. The van der Waals surface area contributed by atoms with Crippen molar-refractivity contribution in [3.05, 3.63) is 77.6 Å². The third kappa shape index (κ3) is 2.95. The van der Waals surface area contributed by atoms with E-state index < -0.39 is 11.7 Å². The summed E-state index contributed by atoms with van der Waals surface area (Å²) in [6.45, 7) is 3.71. The third-order valence-corrected chi connectivity index (χ3v) is 4.98. The van der Waals surface area contributed by atoms with Crippen molar-refractivity contribution in [2.75, 3.05) is 0 Å². The highest BCUT2D eigenvalue weighted by molar-refractivity contribution is 5.91. The summed E-state index contributed by atoms with van der Waals surface area (Å²) in [6.07, 6.45) is -2.69. The summed E-state index contributed by atoms with van der Waals surface area (Å²) < 4.78 is 50.2. The van der Waals surface area contributed by atoms with E-state index in [0.717, 1.165) is 16.6 Å². The SMILES string of the molecule is Cc1c(-c2c3ccccc3o[n+]2C)cc(C(F)(F)F)cc1-[n+]1ccccc1C. The van der Waals surface area contributed by atoms with E-state index in [2.05, 4.69) is 0 Å². The quantitative estimate of drug-likeness (QED) is 0.453. The van der Waals surface area contributed by atoms with Gasteiger partial charge in [0.05, 0.1) is 11.1 Å². The molecule has 2 heterocycles. The molecule has 142 valence electrons. The Morgan fingerprint density at radius 1 is 0.929 bits per heavy atom. The molecule has 0 spiro atoms. The van der Waals surface area contributed by atoms with Gasteiger partial charge in [-0.25, -0.2) is 4.52 Å². The van der Waals surface area contributed by atoms with Gasteiger partial charge < -0.3 is 0 Å². The van der Waals surface area contributed by atoms with Crippen LogP contribution in [0.3, 0.4) is 0 Å². The summed E-state index contributed by atoms with van der Waals surface area (Å²) in [6, 6.07) is 15.3. The monoisotopic (exact) mass is 384 g/mol. The Balaban J connectivity index is 2.09. The molecule has 0 aliphatic heterocycles. The summed E-state index contributed by atoms with van der Waals surface area (Å²) in [4.78, 5) is 0. The molecule has 0 saturated carbocycles. The van der Waals surface area contributed by atoms with Crippen molar-refractivity contribution in [3.63, 3.8) is 0 Å². The number of para-hydroxylation sites is 1. The number of pyridine rings is 1. The fourth-order valence-electron chi connectivity index (χ4n) is 3.58. The molecule has 0 bridgehead atoms. The lowest BCUT2D eigenvalue weighted by molar-refractivity contribution is -0.832. The third-order valence-electron chi connectivity index (χ3n) is 4.98. The van der Waals surface area contributed by atoms with Gasteiger partial charge >= 0.3 is 6.18 Å². The minimum atomic E-state index is -4.46. The van der Waals surface area contributed by atoms with Crippen LogP contribution in [0.1, 0.15) is 16.8 Å². The number of nitrogens with zero attached hydrogens (tertiary/aromatic N) is 2. The number of aryl methyl sites for hydroxylation is 2. The number of hydrogen-bond acceptors (Lipinski definition) is 1. The molecule has 2 aromatic heterocycles. The van der Waals surface area contributed by atoms with E-state index in [1.807, 2.05) is 44.2 Å². The molecule has 4 aromatic rings. The second-order valence-electron chi connectivity index (χ2n) is 6.81. The maximum Gasteiger partial charge on any atom is 0.416 e. The summed E-state index contributed by atoms with van der Waals surface area (Å²) in [5, 5.41) is 0.771. The Bertz CT molecular complexity index is 1190. The molecule has 3 nitrogen and oxygen atoms in total. The Hall–Kier alpha value is -3.15. The van der Waals surface area contributed by atoms with Gasteiger partial charge in [0.1, 0.15) is 5.39 Å². The smallest absolute Gasteiger partial charge is 0.236 e. The zero-order valence-electron chi connectivity index (χ0n) is 15.7. The molecule has 2 aromatic carbocycles. The summed E-state index contributed by atoms with van der Waals surface area (Å²) in [5.41, 5.74) is 3.13. The van der Waals surface area contributed by atoms with E-state index in [9.17, 15) is 13.2 Å². The lowest BCUT2D eigenvalue weighted by Crippen LogP contribution is -2.35. The molecule has 0 N–H and O–H groups in total. The molecule has 0 aliphatic rings. The molecule has 0 saturated heterocycles. The van der Waals surface area contributed by atoms with Crippen LogP contribution in [0.15, 0.2) is 65.3 Å². The highest BCUT2D eigenvalue weighted by Crippen LogP contribution is 2.37.